The zero-order valence-corrected chi connectivity index (χ0v) is 45.3. The zero-order valence-electron chi connectivity index (χ0n) is 44.4. The van der Waals surface area contributed by atoms with Gasteiger partial charge in [-0.25, -0.2) is 4.57 Å². The van der Waals surface area contributed by atoms with Gasteiger partial charge in [0.15, 0.2) is 0 Å². The first-order valence-electron chi connectivity index (χ1n) is 27.7. The van der Waals surface area contributed by atoms with Crippen LogP contribution in [-0.2, 0) is 27.9 Å². The number of hydrogen-bond acceptors (Lipinski definition) is 11. The summed E-state index contributed by atoms with van der Waals surface area (Å²) in [6.45, 7) is 4.01. The molecule has 1 aliphatic carbocycles. The van der Waals surface area contributed by atoms with Gasteiger partial charge in [0.1, 0.15) is 42.7 Å². The van der Waals surface area contributed by atoms with Crippen molar-refractivity contribution < 1.29 is 58.3 Å². The Morgan fingerprint density at radius 2 is 0.778 bits per heavy atom. The van der Waals surface area contributed by atoms with E-state index < -0.39 is 63.1 Å². The fourth-order valence-corrected chi connectivity index (χ4v) is 8.82. The highest BCUT2D eigenvalue weighted by Crippen LogP contribution is 2.47. The molecule has 6 N–H and O–H groups in total. The summed E-state index contributed by atoms with van der Waals surface area (Å²) in [5.74, 6) is -0.494. The molecule has 6 unspecified atom stereocenters. The summed E-state index contributed by atoms with van der Waals surface area (Å²) in [7, 11) is -5.04. The SMILES string of the molecule is CC/C=C\C/C=C\C/C=C\C/C=C\C/C=C\CCCCCCCCCC(=O)OC(COCCCCCCCCCCC/C=C\C/C=C\C/C=C\C/C=C\CC)COP(=O)(O)OC1C(O)C(O)C(O)C(O)C1O. The predicted molar refractivity (Wildman–Crippen MR) is 294 cm³/mol. The van der Waals surface area contributed by atoms with Crippen LogP contribution >= 0.6 is 7.82 Å². The van der Waals surface area contributed by atoms with E-state index in [1.165, 1.54) is 32.1 Å². The van der Waals surface area contributed by atoms with Crippen LogP contribution in [0.5, 0.6) is 0 Å². The number of esters is 1. The van der Waals surface area contributed by atoms with E-state index in [0.717, 1.165) is 135 Å². The van der Waals surface area contributed by atoms with Crippen molar-refractivity contribution >= 4 is 13.8 Å². The number of aliphatic hydroxyl groups excluding tert-OH is 5. The Morgan fingerprint density at radius 3 is 1.18 bits per heavy atom. The molecule has 0 aromatic heterocycles. The molecule has 0 bridgehead atoms. The van der Waals surface area contributed by atoms with Gasteiger partial charge in [-0.3, -0.25) is 13.8 Å². The van der Waals surface area contributed by atoms with Gasteiger partial charge in [-0.15, -0.1) is 0 Å². The van der Waals surface area contributed by atoms with Gasteiger partial charge in [-0.2, -0.15) is 0 Å². The number of carbonyl (C=O) groups is 1. The Morgan fingerprint density at radius 1 is 0.444 bits per heavy atom. The molecule has 1 rings (SSSR count). The first kappa shape index (κ1) is 67.0. The van der Waals surface area contributed by atoms with Crippen LogP contribution in [0.2, 0.25) is 0 Å². The monoisotopic (exact) mass is 1030 g/mol. The lowest BCUT2D eigenvalue weighted by atomic mass is 9.85. The number of phosphoric ester groups is 1. The number of aliphatic hydroxyl groups is 5. The molecule has 0 radical (unpaired) electrons. The van der Waals surface area contributed by atoms with Crippen molar-refractivity contribution in [1.29, 1.82) is 0 Å². The van der Waals surface area contributed by atoms with Crippen LogP contribution in [0.25, 0.3) is 0 Å². The molecule has 72 heavy (non-hydrogen) atoms. The topological polar surface area (TPSA) is 192 Å². The number of unbranched alkanes of at least 4 members (excludes halogenated alkanes) is 16. The van der Waals surface area contributed by atoms with Gasteiger partial charge in [0.05, 0.1) is 13.2 Å². The smallest absolute Gasteiger partial charge is 0.457 e. The summed E-state index contributed by atoms with van der Waals surface area (Å²) in [6.07, 6.45) is 55.7. The van der Waals surface area contributed by atoms with E-state index in [-0.39, 0.29) is 13.0 Å². The van der Waals surface area contributed by atoms with Crippen molar-refractivity contribution in [1.82, 2.24) is 0 Å². The van der Waals surface area contributed by atoms with Crippen molar-refractivity contribution in [2.45, 2.75) is 236 Å². The minimum absolute atomic E-state index is 0.0927. The van der Waals surface area contributed by atoms with Crippen LogP contribution in [0.4, 0.5) is 0 Å². The fraction of sp³-hybridized carbons (Fsp3) is 0.678. The van der Waals surface area contributed by atoms with Crippen LogP contribution in [-0.4, -0.2) is 98.9 Å². The van der Waals surface area contributed by atoms with E-state index in [2.05, 4.69) is 123 Å². The highest BCUT2D eigenvalue weighted by atomic mass is 31.2. The second-order valence-electron chi connectivity index (χ2n) is 18.7. The summed E-state index contributed by atoms with van der Waals surface area (Å²) in [5.41, 5.74) is 0. The minimum Gasteiger partial charge on any atom is -0.457 e. The number of allylic oxidation sites excluding steroid dienone is 18. The molecule has 0 aliphatic heterocycles. The molecule has 0 aromatic rings. The second kappa shape index (κ2) is 47.7. The third kappa shape index (κ3) is 38.6. The Bertz CT molecular complexity index is 1600. The molecule has 0 amide bonds. The van der Waals surface area contributed by atoms with E-state index in [9.17, 15) is 39.8 Å². The average molecular weight is 1030 g/mol. The van der Waals surface area contributed by atoms with E-state index in [4.69, 9.17) is 18.5 Å². The normalized spacial score (nSPS) is 21.5. The maximum atomic E-state index is 12.9. The molecule has 1 fully saturated rings. The second-order valence-corrected chi connectivity index (χ2v) is 20.1. The van der Waals surface area contributed by atoms with Crippen molar-refractivity contribution in [2.24, 2.45) is 0 Å². The van der Waals surface area contributed by atoms with Gasteiger partial charge in [0.2, 0.25) is 0 Å². The van der Waals surface area contributed by atoms with Crippen molar-refractivity contribution in [2.75, 3.05) is 19.8 Å². The molecule has 6 atom stereocenters. The Kier molecular flexibility index (Phi) is 44.4. The first-order valence-corrected chi connectivity index (χ1v) is 29.2. The van der Waals surface area contributed by atoms with E-state index in [1.54, 1.807) is 0 Å². The highest BCUT2D eigenvalue weighted by molar-refractivity contribution is 7.47. The average Bonchev–Trinajstić information content (AvgIpc) is 3.37. The summed E-state index contributed by atoms with van der Waals surface area (Å²) < 4.78 is 34.4. The van der Waals surface area contributed by atoms with Crippen LogP contribution in [0.15, 0.2) is 109 Å². The molecule has 0 aromatic carbocycles. The maximum Gasteiger partial charge on any atom is 0.472 e. The Labute approximate surface area is 436 Å². The number of carbonyl (C=O) groups excluding carboxylic acids is 1. The molecule has 12 nitrogen and oxygen atoms in total. The summed E-state index contributed by atoms with van der Waals surface area (Å²) in [4.78, 5) is 23.3. The number of hydrogen-bond donors (Lipinski definition) is 6. The maximum absolute atomic E-state index is 12.9. The highest BCUT2D eigenvalue weighted by Gasteiger charge is 2.51. The van der Waals surface area contributed by atoms with Crippen LogP contribution < -0.4 is 0 Å². The van der Waals surface area contributed by atoms with Gasteiger partial charge >= 0.3 is 13.8 Å². The number of phosphoric acid groups is 1. The predicted octanol–water partition coefficient (Wildman–Crippen LogP) is 13.2. The van der Waals surface area contributed by atoms with Crippen molar-refractivity contribution in [3.05, 3.63) is 109 Å². The van der Waals surface area contributed by atoms with Gasteiger partial charge in [0.25, 0.3) is 0 Å². The molecular weight excluding hydrogens is 932 g/mol. The molecular formula is C59H99O12P. The van der Waals surface area contributed by atoms with E-state index in [1.807, 2.05) is 0 Å². The molecule has 0 saturated heterocycles. The molecule has 1 aliphatic rings. The summed E-state index contributed by atoms with van der Waals surface area (Å²) in [6, 6.07) is 0. The van der Waals surface area contributed by atoms with Crippen LogP contribution in [0.1, 0.15) is 194 Å². The standard InChI is InChI=1S/C59H99O12P/c1-3-5-7-9-11-13-15-17-19-21-23-25-27-28-30-32-34-36-38-40-42-44-46-48-53(60)70-52(51-69-72(66,67)71-59-57(64)55(62)54(61)56(63)58(59)65)50-68-49-47-45-43-41-39-37-35-33-31-29-26-24-22-20-18-16-14-12-10-8-6-4-2/h5-8,11-14,17-20,23-26,28,30,52,54-59,61-65H,3-4,9-10,15-16,21-22,27,29,31-51H2,1-2H3,(H,66,67)/b7-5-,8-6-,13-11-,14-12-,19-17-,20-18-,25-23-,26-24-,30-28-. The summed E-state index contributed by atoms with van der Waals surface area (Å²) in [5, 5.41) is 50.4. The minimum atomic E-state index is -5.04. The molecule has 13 heteroatoms. The molecule has 412 valence electrons. The van der Waals surface area contributed by atoms with E-state index >= 15 is 0 Å². The lowest BCUT2D eigenvalue weighted by Crippen LogP contribution is -2.64. The van der Waals surface area contributed by atoms with Gasteiger partial charge in [-0.1, -0.05) is 200 Å². The lowest BCUT2D eigenvalue weighted by molar-refractivity contribution is -0.220. The van der Waals surface area contributed by atoms with Gasteiger partial charge < -0.3 is 39.9 Å². The lowest BCUT2D eigenvalue weighted by Gasteiger charge is -2.41. The molecule has 0 heterocycles. The Hall–Kier alpha value is -3.00. The molecule has 1 saturated carbocycles. The van der Waals surface area contributed by atoms with Crippen molar-refractivity contribution in [3.63, 3.8) is 0 Å². The largest absolute Gasteiger partial charge is 0.472 e. The number of ether oxygens (including phenoxy) is 2. The fourth-order valence-electron chi connectivity index (χ4n) is 7.84. The van der Waals surface area contributed by atoms with Gasteiger partial charge in [-0.05, 0) is 96.3 Å². The zero-order chi connectivity index (χ0) is 52.6. The molecule has 0 spiro atoms. The quantitative estimate of drug-likeness (QED) is 0.0147. The van der Waals surface area contributed by atoms with E-state index in [0.29, 0.717) is 13.0 Å². The third-order valence-electron chi connectivity index (χ3n) is 12.1. The van der Waals surface area contributed by atoms with Gasteiger partial charge in [0, 0.05) is 13.0 Å². The summed E-state index contributed by atoms with van der Waals surface area (Å²) >= 11 is 0. The van der Waals surface area contributed by atoms with Crippen LogP contribution in [0.3, 0.4) is 0 Å². The van der Waals surface area contributed by atoms with Crippen LogP contribution in [0, 0.1) is 0 Å². The first-order chi connectivity index (χ1) is 35.0. The Balaban J connectivity index is 2.33. The number of rotatable bonds is 46. The van der Waals surface area contributed by atoms with Crippen molar-refractivity contribution in [3.8, 4) is 0 Å². The third-order valence-corrected chi connectivity index (χ3v) is 13.1.